The van der Waals surface area contributed by atoms with Gasteiger partial charge >= 0.3 is 0 Å². The largest absolute Gasteiger partial charge is 0.248 e. The Morgan fingerprint density at radius 2 is 2.13 bits per heavy atom. The van der Waals surface area contributed by atoms with Gasteiger partial charge in [-0.3, -0.25) is 0 Å². The fourth-order valence-corrected chi connectivity index (χ4v) is 4.25. The first-order valence-electron chi connectivity index (χ1n) is 4.36. The van der Waals surface area contributed by atoms with E-state index in [1.54, 1.807) is 0 Å². The first kappa shape index (κ1) is 12.3. The average Bonchev–Trinajstić information content (AvgIpc) is 2.42. The lowest BCUT2D eigenvalue weighted by Crippen LogP contribution is -2.37. The summed E-state index contributed by atoms with van der Waals surface area (Å²) in [6.45, 7) is 0. The van der Waals surface area contributed by atoms with Crippen molar-refractivity contribution >= 4 is 54.8 Å². The van der Waals surface area contributed by atoms with Gasteiger partial charge in [-0.05, 0) is 27.9 Å². The monoisotopic (exact) mass is 378 g/mol. The minimum atomic E-state index is -2.46. The molecular formula is C9H7Br2ClF2S. The number of alkyl halides is 3. The van der Waals surface area contributed by atoms with Crippen molar-refractivity contribution in [2.45, 2.75) is 23.6 Å². The molecule has 1 aromatic rings. The van der Waals surface area contributed by atoms with E-state index in [1.165, 1.54) is 11.3 Å². The van der Waals surface area contributed by atoms with E-state index in [2.05, 4.69) is 31.9 Å². The summed E-state index contributed by atoms with van der Waals surface area (Å²) >= 11 is 14.2. The van der Waals surface area contributed by atoms with Gasteiger partial charge in [0.15, 0.2) is 0 Å². The van der Waals surface area contributed by atoms with Gasteiger partial charge in [0.25, 0.3) is 0 Å². The van der Waals surface area contributed by atoms with E-state index in [-0.39, 0.29) is 23.6 Å². The van der Waals surface area contributed by atoms with Crippen molar-refractivity contribution in [1.82, 2.24) is 0 Å². The van der Waals surface area contributed by atoms with Crippen molar-refractivity contribution in [3.8, 4) is 0 Å². The molecule has 6 heteroatoms. The molecular weight excluding hydrogens is 373 g/mol. The van der Waals surface area contributed by atoms with Crippen LogP contribution in [0.1, 0.15) is 22.5 Å². The molecule has 15 heavy (non-hydrogen) atoms. The molecule has 1 saturated carbocycles. The topological polar surface area (TPSA) is 0 Å². The Balaban J connectivity index is 2.06. The van der Waals surface area contributed by atoms with E-state index < -0.39 is 5.92 Å². The Labute approximate surface area is 112 Å². The maximum Gasteiger partial charge on any atom is 0.248 e. The third kappa shape index (κ3) is 2.56. The van der Waals surface area contributed by atoms with Crippen LogP contribution in [0, 0.1) is 5.92 Å². The second-order valence-electron chi connectivity index (χ2n) is 3.70. The highest BCUT2D eigenvalue weighted by atomic mass is 79.9. The van der Waals surface area contributed by atoms with E-state index in [4.69, 9.17) is 11.6 Å². The molecule has 1 fully saturated rings. The lowest BCUT2D eigenvalue weighted by Gasteiger charge is -2.37. The van der Waals surface area contributed by atoms with Crippen LogP contribution in [0.2, 0.25) is 5.02 Å². The molecule has 2 rings (SSSR count). The second-order valence-corrected chi connectivity index (χ2v) is 7.49. The van der Waals surface area contributed by atoms with Gasteiger partial charge < -0.3 is 0 Å². The van der Waals surface area contributed by atoms with Crippen LogP contribution in [0.3, 0.4) is 0 Å². The molecule has 0 bridgehead atoms. The summed E-state index contributed by atoms with van der Waals surface area (Å²) in [4.78, 5) is 0.998. The Hall–Kier alpha value is 0.810. The van der Waals surface area contributed by atoms with Gasteiger partial charge in [-0.15, -0.1) is 11.3 Å². The van der Waals surface area contributed by atoms with Crippen LogP contribution in [0.15, 0.2) is 9.85 Å². The molecule has 0 N–H and O–H groups in total. The van der Waals surface area contributed by atoms with Crippen molar-refractivity contribution in [3.63, 3.8) is 0 Å². The number of hydrogen-bond donors (Lipinski definition) is 0. The molecule has 1 unspecified atom stereocenters. The Kier molecular flexibility index (Phi) is 3.47. The van der Waals surface area contributed by atoms with Crippen LogP contribution in [-0.2, 0) is 0 Å². The summed E-state index contributed by atoms with van der Waals surface area (Å²) in [6.07, 6.45) is -0.0634. The molecule has 0 nitrogen and oxygen atoms in total. The minimum Gasteiger partial charge on any atom is -0.207 e. The first-order chi connectivity index (χ1) is 6.89. The zero-order valence-electron chi connectivity index (χ0n) is 7.44. The molecule has 0 amide bonds. The summed E-state index contributed by atoms with van der Waals surface area (Å²) in [5.74, 6) is -2.45. The van der Waals surface area contributed by atoms with Crippen molar-refractivity contribution in [3.05, 3.63) is 19.8 Å². The molecule has 0 aliphatic heterocycles. The van der Waals surface area contributed by atoms with Crippen LogP contribution < -0.4 is 0 Å². The third-order valence-electron chi connectivity index (χ3n) is 2.47. The van der Waals surface area contributed by atoms with Crippen molar-refractivity contribution in [2.75, 3.05) is 0 Å². The SMILES string of the molecule is FC1(F)CC(C(Br)c2cc(Cl)c(Br)s2)C1. The van der Waals surface area contributed by atoms with Gasteiger partial charge in [0.2, 0.25) is 5.92 Å². The number of thiophene rings is 1. The van der Waals surface area contributed by atoms with Gasteiger partial charge in [0, 0.05) is 17.7 Å². The van der Waals surface area contributed by atoms with Crippen molar-refractivity contribution < 1.29 is 8.78 Å². The van der Waals surface area contributed by atoms with E-state index >= 15 is 0 Å². The number of halogens is 5. The Morgan fingerprint density at radius 1 is 1.53 bits per heavy atom. The highest BCUT2D eigenvalue weighted by molar-refractivity contribution is 9.11. The van der Waals surface area contributed by atoms with Crippen molar-refractivity contribution in [2.24, 2.45) is 5.92 Å². The minimum absolute atomic E-state index is 0.00840. The summed E-state index contributed by atoms with van der Waals surface area (Å²) in [5.41, 5.74) is 0. The molecule has 0 spiro atoms. The fourth-order valence-electron chi connectivity index (χ4n) is 1.65. The van der Waals surface area contributed by atoms with E-state index in [1.807, 2.05) is 6.07 Å². The lowest BCUT2D eigenvalue weighted by atomic mass is 9.79. The molecule has 1 aliphatic carbocycles. The maximum absolute atomic E-state index is 12.7. The molecule has 1 aromatic heterocycles. The van der Waals surface area contributed by atoms with Crippen LogP contribution in [-0.4, -0.2) is 5.92 Å². The predicted molar refractivity (Wildman–Crippen MR) is 66.4 cm³/mol. The third-order valence-corrected chi connectivity index (χ3v) is 6.57. The molecule has 0 radical (unpaired) electrons. The van der Waals surface area contributed by atoms with Crippen LogP contribution in [0.4, 0.5) is 8.78 Å². The number of hydrogen-bond acceptors (Lipinski definition) is 1. The van der Waals surface area contributed by atoms with E-state index in [9.17, 15) is 8.78 Å². The molecule has 0 aromatic carbocycles. The maximum atomic E-state index is 12.7. The Morgan fingerprint density at radius 3 is 2.53 bits per heavy atom. The molecule has 84 valence electrons. The standard InChI is InChI=1S/C9H7Br2ClF2S/c10-7(4-2-9(13,14)3-4)6-1-5(12)8(11)15-6/h1,4,7H,2-3H2. The summed E-state index contributed by atoms with van der Waals surface area (Å²) in [7, 11) is 0. The quantitative estimate of drug-likeness (QED) is 0.582. The molecule has 0 saturated heterocycles. The highest BCUT2D eigenvalue weighted by Crippen LogP contribution is 2.53. The molecule has 1 heterocycles. The summed E-state index contributed by atoms with van der Waals surface area (Å²) in [5, 5.41) is 0.644. The second kappa shape index (κ2) is 4.24. The van der Waals surface area contributed by atoms with Gasteiger partial charge in [-0.2, -0.15) is 0 Å². The first-order valence-corrected chi connectivity index (χ1v) is 7.26. The van der Waals surface area contributed by atoms with Crippen LogP contribution in [0.5, 0.6) is 0 Å². The Bertz CT molecular complexity index is 353. The van der Waals surface area contributed by atoms with Crippen molar-refractivity contribution in [1.29, 1.82) is 0 Å². The highest BCUT2D eigenvalue weighted by Gasteiger charge is 2.48. The predicted octanol–water partition coefficient (Wildman–Crippen LogP) is 5.65. The smallest absolute Gasteiger partial charge is 0.207 e. The van der Waals surface area contributed by atoms with E-state index in [0.717, 1.165) is 8.66 Å². The van der Waals surface area contributed by atoms with E-state index in [0.29, 0.717) is 5.02 Å². The zero-order chi connectivity index (χ0) is 11.2. The van der Waals surface area contributed by atoms with Gasteiger partial charge in [0.05, 0.1) is 13.6 Å². The van der Waals surface area contributed by atoms with Gasteiger partial charge in [0.1, 0.15) is 0 Å². The average molecular weight is 380 g/mol. The fraction of sp³-hybridized carbons (Fsp3) is 0.556. The van der Waals surface area contributed by atoms with Crippen LogP contribution >= 0.6 is 54.8 Å². The normalized spacial score (nSPS) is 22.5. The molecule has 1 aliphatic rings. The van der Waals surface area contributed by atoms with Gasteiger partial charge in [-0.1, -0.05) is 27.5 Å². The lowest BCUT2D eigenvalue weighted by molar-refractivity contribution is -0.109. The summed E-state index contributed by atoms with van der Waals surface area (Å²) in [6, 6.07) is 1.83. The van der Waals surface area contributed by atoms with Gasteiger partial charge in [-0.25, -0.2) is 8.78 Å². The molecule has 1 atom stereocenters. The van der Waals surface area contributed by atoms with Crippen LogP contribution in [0.25, 0.3) is 0 Å². The zero-order valence-corrected chi connectivity index (χ0v) is 12.2. The number of rotatable bonds is 2. The summed E-state index contributed by atoms with van der Waals surface area (Å²) < 4.78 is 26.2.